The quantitative estimate of drug-likeness (QED) is 0.356. The first-order valence-corrected chi connectivity index (χ1v) is 13.3. The van der Waals surface area contributed by atoms with Crippen LogP contribution >= 0.6 is 23.2 Å². The Labute approximate surface area is 233 Å². The lowest BCUT2D eigenvalue weighted by molar-refractivity contribution is -0.141. The van der Waals surface area contributed by atoms with Crippen LogP contribution in [0.3, 0.4) is 0 Å². The van der Waals surface area contributed by atoms with E-state index >= 15 is 0 Å². The van der Waals surface area contributed by atoms with Gasteiger partial charge in [-0.1, -0.05) is 59.6 Å². The molecule has 0 aromatic heterocycles. The van der Waals surface area contributed by atoms with E-state index in [0.29, 0.717) is 21.3 Å². The highest BCUT2D eigenvalue weighted by molar-refractivity contribution is 6.35. The molecule has 1 aliphatic rings. The molecular formula is C30H30Cl2N4O2. The molecule has 0 bridgehead atoms. The summed E-state index contributed by atoms with van der Waals surface area (Å²) in [5.74, 6) is -0.446. The third kappa shape index (κ3) is 6.73. The molecule has 4 rings (SSSR count). The van der Waals surface area contributed by atoms with Crippen LogP contribution in [-0.4, -0.2) is 47.8 Å². The van der Waals surface area contributed by atoms with Crippen molar-refractivity contribution < 1.29 is 9.59 Å². The molecule has 196 valence electrons. The van der Waals surface area contributed by atoms with Gasteiger partial charge < -0.3 is 10.2 Å². The Morgan fingerprint density at radius 1 is 0.974 bits per heavy atom. The summed E-state index contributed by atoms with van der Waals surface area (Å²) in [6, 6.07) is 22.3. The lowest BCUT2D eigenvalue weighted by Gasteiger charge is -2.39. The third-order valence-corrected chi connectivity index (χ3v) is 7.33. The number of nitrogens with zero attached hydrogens (tertiary/aromatic N) is 3. The number of nitrogens with one attached hydrogen (secondary N) is 1. The second-order valence-corrected chi connectivity index (χ2v) is 10.9. The number of carbonyl (C=O) groups is 2. The predicted molar refractivity (Wildman–Crippen MR) is 152 cm³/mol. The minimum absolute atomic E-state index is 0.109. The molecule has 3 aromatic carbocycles. The Hall–Kier alpha value is -3.37. The largest absolute Gasteiger partial charge is 0.324 e. The molecule has 1 fully saturated rings. The number of hydrogen-bond donors (Lipinski definition) is 1. The van der Waals surface area contributed by atoms with E-state index in [2.05, 4.69) is 16.3 Å². The van der Waals surface area contributed by atoms with Crippen LogP contribution in [0.1, 0.15) is 37.8 Å². The van der Waals surface area contributed by atoms with Crippen LogP contribution in [0.15, 0.2) is 66.7 Å². The fourth-order valence-corrected chi connectivity index (χ4v) is 5.31. The molecule has 6 nitrogen and oxygen atoms in total. The van der Waals surface area contributed by atoms with Gasteiger partial charge in [-0.05, 0) is 86.8 Å². The van der Waals surface area contributed by atoms with Gasteiger partial charge in [-0.3, -0.25) is 14.5 Å². The number of carbonyl (C=O) groups excluding carboxylic acids is 2. The number of likely N-dealkylation sites (tertiary alicyclic amines) is 1. The van der Waals surface area contributed by atoms with Crippen molar-refractivity contribution in [1.82, 2.24) is 9.80 Å². The average Bonchev–Trinajstić information content (AvgIpc) is 3.39. The molecule has 0 saturated carbocycles. The zero-order chi connectivity index (χ0) is 27.3. The molecule has 0 atom stereocenters. The number of halogens is 2. The highest BCUT2D eigenvalue weighted by Gasteiger charge is 2.35. The molecule has 1 aliphatic heterocycles. The van der Waals surface area contributed by atoms with Crippen molar-refractivity contribution in [3.05, 3.63) is 87.9 Å². The van der Waals surface area contributed by atoms with E-state index in [0.717, 1.165) is 42.6 Å². The van der Waals surface area contributed by atoms with Crippen molar-refractivity contribution in [1.29, 1.82) is 5.26 Å². The number of rotatable bonds is 8. The summed E-state index contributed by atoms with van der Waals surface area (Å²) in [4.78, 5) is 30.5. The molecule has 1 N–H and O–H groups in total. The second kappa shape index (κ2) is 12.0. The van der Waals surface area contributed by atoms with E-state index in [4.69, 9.17) is 23.2 Å². The van der Waals surface area contributed by atoms with Crippen LogP contribution in [0, 0.1) is 11.3 Å². The summed E-state index contributed by atoms with van der Waals surface area (Å²) in [6.07, 6.45) is 2.14. The van der Waals surface area contributed by atoms with Gasteiger partial charge in [0.25, 0.3) is 0 Å². The maximum atomic E-state index is 13.6. The van der Waals surface area contributed by atoms with E-state index < -0.39 is 5.54 Å². The highest BCUT2D eigenvalue weighted by atomic mass is 35.5. The third-order valence-electron chi connectivity index (χ3n) is 6.90. The number of nitriles is 1. The molecule has 38 heavy (non-hydrogen) atoms. The summed E-state index contributed by atoms with van der Waals surface area (Å²) in [5, 5.41) is 12.9. The maximum absolute atomic E-state index is 13.6. The van der Waals surface area contributed by atoms with E-state index in [1.165, 1.54) is 0 Å². The van der Waals surface area contributed by atoms with Gasteiger partial charge in [-0.15, -0.1) is 0 Å². The van der Waals surface area contributed by atoms with E-state index in [1.54, 1.807) is 29.2 Å². The SMILES string of the molecule is CC(C)(c1ccc(-c2cccc(C#N)c2)cc1)N(CC(=O)Nc1cc(Cl)cc(Cl)c1)C(=O)CN1CCCC1. The van der Waals surface area contributed by atoms with Gasteiger partial charge in [0.1, 0.15) is 6.54 Å². The van der Waals surface area contributed by atoms with Crippen LogP contribution in [0.4, 0.5) is 5.69 Å². The van der Waals surface area contributed by atoms with Crippen LogP contribution in [0.25, 0.3) is 11.1 Å². The van der Waals surface area contributed by atoms with Gasteiger partial charge in [0.2, 0.25) is 11.8 Å². The molecular weight excluding hydrogens is 519 g/mol. The first-order chi connectivity index (χ1) is 18.2. The van der Waals surface area contributed by atoms with Crippen molar-refractivity contribution in [2.75, 3.05) is 31.5 Å². The molecule has 0 spiro atoms. The van der Waals surface area contributed by atoms with Crippen molar-refractivity contribution in [3.8, 4) is 17.2 Å². The molecule has 1 saturated heterocycles. The molecule has 8 heteroatoms. The van der Waals surface area contributed by atoms with Gasteiger partial charge in [-0.25, -0.2) is 0 Å². The van der Waals surface area contributed by atoms with Gasteiger partial charge >= 0.3 is 0 Å². The molecule has 3 aromatic rings. The monoisotopic (exact) mass is 548 g/mol. The van der Waals surface area contributed by atoms with Crippen molar-refractivity contribution in [2.45, 2.75) is 32.2 Å². The zero-order valence-electron chi connectivity index (χ0n) is 21.5. The summed E-state index contributed by atoms with van der Waals surface area (Å²) in [7, 11) is 0. The van der Waals surface area contributed by atoms with Gasteiger partial charge in [0.15, 0.2) is 0 Å². The Morgan fingerprint density at radius 2 is 1.63 bits per heavy atom. The first-order valence-electron chi connectivity index (χ1n) is 12.6. The lowest BCUT2D eigenvalue weighted by Crippen LogP contribution is -2.52. The first kappa shape index (κ1) is 27.7. The van der Waals surface area contributed by atoms with Gasteiger partial charge in [0.05, 0.1) is 23.7 Å². The normalized spacial score (nSPS) is 13.7. The Balaban J connectivity index is 1.58. The fourth-order valence-electron chi connectivity index (χ4n) is 4.78. The highest BCUT2D eigenvalue weighted by Crippen LogP contribution is 2.31. The standard InChI is InChI=1S/C30H30Cl2N4O2/c1-30(2,24-10-8-22(9-11-24)23-7-5-6-21(14-23)18-33)36(29(38)20-35-12-3-4-13-35)19-28(37)34-27-16-25(31)15-26(32)17-27/h5-11,14-17H,3-4,12-13,19-20H2,1-2H3,(H,34,37). The van der Waals surface area contributed by atoms with E-state index in [9.17, 15) is 14.9 Å². The predicted octanol–water partition coefficient (Wildman–Crippen LogP) is 6.33. The molecule has 0 unspecified atom stereocenters. The van der Waals surface area contributed by atoms with Crippen LogP contribution < -0.4 is 5.32 Å². The van der Waals surface area contributed by atoms with Crippen LogP contribution in [-0.2, 0) is 15.1 Å². The smallest absolute Gasteiger partial charge is 0.244 e. The minimum atomic E-state index is -0.771. The Bertz CT molecular complexity index is 1340. The second-order valence-electron chi connectivity index (χ2n) is 10.00. The zero-order valence-corrected chi connectivity index (χ0v) is 23.0. The molecule has 2 amide bonds. The minimum Gasteiger partial charge on any atom is -0.324 e. The number of benzene rings is 3. The van der Waals surface area contributed by atoms with Crippen LogP contribution in [0.5, 0.6) is 0 Å². The summed E-state index contributed by atoms with van der Waals surface area (Å²) in [6.45, 7) is 5.79. The van der Waals surface area contributed by atoms with Crippen LogP contribution in [0.2, 0.25) is 10.0 Å². The van der Waals surface area contributed by atoms with Crippen molar-refractivity contribution >= 4 is 40.7 Å². The molecule has 1 heterocycles. The number of amides is 2. The summed E-state index contributed by atoms with van der Waals surface area (Å²) < 4.78 is 0. The van der Waals surface area contributed by atoms with E-state index in [-0.39, 0.29) is 24.9 Å². The van der Waals surface area contributed by atoms with Crippen molar-refractivity contribution in [3.63, 3.8) is 0 Å². The molecule has 0 aliphatic carbocycles. The van der Waals surface area contributed by atoms with Crippen molar-refractivity contribution in [2.24, 2.45) is 0 Å². The Kier molecular flexibility index (Phi) is 8.73. The Morgan fingerprint density at radius 3 is 2.26 bits per heavy atom. The maximum Gasteiger partial charge on any atom is 0.244 e. The summed E-state index contributed by atoms with van der Waals surface area (Å²) in [5.41, 5.74) is 3.10. The number of hydrogen-bond acceptors (Lipinski definition) is 4. The lowest BCUT2D eigenvalue weighted by atomic mass is 9.90. The average molecular weight is 550 g/mol. The number of anilines is 1. The summed E-state index contributed by atoms with van der Waals surface area (Å²) >= 11 is 12.2. The topological polar surface area (TPSA) is 76.4 Å². The van der Waals surface area contributed by atoms with Gasteiger partial charge in [0, 0.05) is 15.7 Å². The fraction of sp³-hybridized carbons (Fsp3) is 0.300. The van der Waals surface area contributed by atoms with E-state index in [1.807, 2.05) is 56.3 Å². The van der Waals surface area contributed by atoms with Gasteiger partial charge in [-0.2, -0.15) is 5.26 Å². The molecule has 0 radical (unpaired) electrons.